The van der Waals surface area contributed by atoms with Gasteiger partial charge < -0.3 is 15.4 Å². The molecule has 1 aliphatic carbocycles. The SMILES string of the molecule is COc1cccc(C(CNC(=O)c2cc3ccccc3cc2NC(=O)C2CC2)N2CCCC2)c1. The fraction of sp³-hybridized carbons (Fsp3) is 0.357. The first-order chi connectivity index (χ1) is 16.6. The Labute approximate surface area is 200 Å². The summed E-state index contributed by atoms with van der Waals surface area (Å²) in [5.41, 5.74) is 2.20. The average molecular weight is 458 g/mol. The van der Waals surface area contributed by atoms with Crippen LogP contribution in [-0.2, 0) is 4.79 Å². The van der Waals surface area contributed by atoms with Crippen LogP contribution in [0.1, 0.15) is 47.6 Å². The second-order valence-electron chi connectivity index (χ2n) is 9.25. The number of hydrogen-bond acceptors (Lipinski definition) is 4. The Morgan fingerprint density at radius 2 is 1.74 bits per heavy atom. The molecule has 1 heterocycles. The van der Waals surface area contributed by atoms with E-state index in [2.05, 4.69) is 21.6 Å². The summed E-state index contributed by atoms with van der Waals surface area (Å²) in [6.07, 6.45) is 4.16. The Bertz CT molecular complexity index is 1200. The van der Waals surface area contributed by atoms with Gasteiger partial charge >= 0.3 is 0 Å². The van der Waals surface area contributed by atoms with Crippen LogP contribution >= 0.6 is 0 Å². The van der Waals surface area contributed by atoms with Gasteiger partial charge in [0.2, 0.25) is 5.91 Å². The summed E-state index contributed by atoms with van der Waals surface area (Å²) in [4.78, 5) is 28.4. The quantitative estimate of drug-likeness (QED) is 0.512. The number of anilines is 1. The zero-order chi connectivity index (χ0) is 23.5. The van der Waals surface area contributed by atoms with Gasteiger partial charge in [-0.15, -0.1) is 0 Å². The number of hydrogen-bond donors (Lipinski definition) is 2. The van der Waals surface area contributed by atoms with E-state index in [0.29, 0.717) is 17.8 Å². The monoisotopic (exact) mass is 457 g/mol. The highest BCUT2D eigenvalue weighted by molar-refractivity contribution is 6.08. The number of carbonyl (C=O) groups is 2. The topological polar surface area (TPSA) is 70.7 Å². The minimum Gasteiger partial charge on any atom is -0.497 e. The summed E-state index contributed by atoms with van der Waals surface area (Å²) in [5, 5.41) is 8.14. The lowest BCUT2D eigenvalue weighted by molar-refractivity contribution is -0.117. The zero-order valence-electron chi connectivity index (χ0n) is 19.5. The molecule has 2 aliphatic rings. The van der Waals surface area contributed by atoms with Gasteiger partial charge in [-0.1, -0.05) is 36.4 Å². The smallest absolute Gasteiger partial charge is 0.253 e. The fourth-order valence-electron chi connectivity index (χ4n) is 4.76. The van der Waals surface area contributed by atoms with Gasteiger partial charge in [0, 0.05) is 12.5 Å². The molecular formula is C28H31N3O3. The molecule has 6 heteroatoms. The highest BCUT2D eigenvalue weighted by Gasteiger charge is 2.31. The molecule has 1 saturated carbocycles. The molecule has 2 N–H and O–H groups in total. The van der Waals surface area contributed by atoms with Crippen LogP contribution in [0, 0.1) is 5.92 Å². The van der Waals surface area contributed by atoms with Gasteiger partial charge in [0.25, 0.3) is 5.91 Å². The van der Waals surface area contributed by atoms with Gasteiger partial charge in [0.05, 0.1) is 24.4 Å². The number of nitrogens with one attached hydrogen (secondary N) is 2. The molecular weight excluding hydrogens is 426 g/mol. The van der Waals surface area contributed by atoms with E-state index in [1.54, 1.807) is 7.11 Å². The molecule has 1 saturated heterocycles. The third kappa shape index (κ3) is 4.92. The van der Waals surface area contributed by atoms with E-state index < -0.39 is 0 Å². The third-order valence-electron chi connectivity index (χ3n) is 6.85. The number of nitrogens with zero attached hydrogens (tertiary/aromatic N) is 1. The van der Waals surface area contributed by atoms with E-state index in [0.717, 1.165) is 60.9 Å². The summed E-state index contributed by atoms with van der Waals surface area (Å²) in [7, 11) is 1.67. The molecule has 0 bridgehead atoms. The second kappa shape index (κ2) is 9.85. The minimum absolute atomic E-state index is 0.00402. The summed E-state index contributed by atoms with van der Waals surface area (Å²) in [6, 6.07) is 19.8. The third-order valence-corrected chi connectivity index (χ3v) is 6.85. The second-order valence-corrected chi connectivity index (χ2v) is 9.25. The van der Waals surface area contributed by atoms with Crippen LogP contribution in [0.25, 0.3) is 10.8 Å². The summed E-state index contributed by atoms with van der Waals surface area (Å²) >= 11 is 0. The minimum atomic E-state index is -0.177. The largest absolute Gasteiger partial charge is 0.497 e. The van der Waals surface area contributed by atoms with Crippen molar-refractivity contribution in [3.8, 4) is 5.75 Å². The van der Waals surface area contributed by atoms with Gasteiger partial charge in [0.15, 0.2) is 0 Å². The molecule has 2 amide bonds. The van der Waals surface area contributed by atoms with Crippen LogP contribution in [0.15, 0.2) is 60.7 Å². The maximum Gasteiger partial charge on any atom is 0.253 e. The number of amides is 2. The number of benzene rings is 3. The number of ether oxygens (including phenoxy) is 1. The van der Waals surface area contributed by atoms with Gasteiger partial charge in [-0.05, 0) is 79.4 Å². The van der Waals surface area contributed by atoms with Gasteiger partial charge in [-0.2, -0.15) is 0 Å². The molecule has 2 fully saturated rings. The first kappa shape index (κ1) is 22.4. The molecule has 3 aromatic carbocycles. The number of rotatable bonds is 8. The number of likely N-dealkylation sites (tertiary alicyclic amines) is 1. The molecule has 34 heavy (non-hydrogen) atoms. The summed E-state index contributed by atoms with van der Waals surface area (Å²) in [6.45, 7) is 2.50. The van der Waals surface area contributed by atoms with E-state index in [1.165, 1.54) is 0 Å². The molecule has 0 aromatic heterocycles. The van der Waals surface area contributed by atoms with Crippen LogP contribution in [0.5, 0.6) is 5.75 Å². The Morgan fingerprint density at radius 3 is 2.44 bits per heavy atom. The number of carbonyl (C=O) groups excluding carboxylic acids is 2. The summed E-state index contributed by atoms with van der Waals surface area (Å²) < 4.78 is 5.43. The van der Waals surface area contributed by atoms with Gasteiger partial charge in [-0.25, -0.2) is 0 Å². The van der Waals surface area contributed by atoms with Crippen LogP contribution < -0.4 is 15.4 Å². The zero-order valence-corrected chi connectivity index (χ0v) is 19.5. The fourth-order valence-corrected chi connectivity index (χ4v) is 4.76. The Morgan fingerprint density at radius 1 is 1.00 bits per heavy atom. The van der Waals surface area contributed by atoms with Crippen LogP contribution in [0.2, 0.25) is 0 Å². The highest BCUT2D eigenvalue weighted by atomic mass is 16.5. The number of fused-ring (bicyclic) bond motifs is 1. The molecule has 3 aromatic rings. The first-order valence-corrected chi connectivity index (χ1v) is 12.1. The maximum absolute atomic E-state index is 13.4. The lowest BCUT2D eigenvalue weighted by Crippen LogP contribution is -2.37. The van der Waals surface area contributed by atoms with E-state index in [1.807, 2.05) is 54.6 Å². The molecule has 6 nitrogen and oxygen atoms in total. The Kier molecular flexibility index (Phi) is 6.50. The van der Waals surface area contributed by atoms with Crippen molar-refractivity contribution in [3.63, 3.8) is 0 Å². The molecule has 1 unspecified atom stereocenters. The van der Waals surface area contributed by atoms with Crippen LogP contribution in [-0.4, -0.2) is 43.5 Å². The molecule has 176 valence electrons. The first-order valence-electron chi connectivity index (χ1n) is 12.1. The molecule has 5 rings (SSSR count). The molecule has 0 spiro atoms. The standard InChI is InChI=1S/C28H31N3O3/c1-34-23-10-6-9-22(15-23)26(31-13-4-5-14-31)18-29-28(33)24-16-20-7-2-3-8-21(20)17-25(24)30-27(32)19-11-12-19/h2-3,6-10,15-17,19,26H,4-5,11-14,18H2,1H3,(H,29,33)(H,30,32). The van der Waals surface area contributed by atoms with Gasteiger partial charge in [0.1, 0.15) is 5.75 Å². The van der Waals surface area contributed by atoms with E-state index in [9.17, 15) is 9.59 Å². The van der Waals surface area contributed by atoms with Crippen molar-refractivity contribution in [3.05, 3.63) is 71.8 Å². The van der Waals surface area contributed by atoms with Crippen molar-refractivity contribution in [1.29, 1.82) is 0 Å². The van der Waals surface area contributed by atoms with Crippen molar-refractivity contribution in [2.75, 3.05) is 32.1 Å². The Balaban J connectivity index is 1.40. The lowest BCUT2D eigenvalue weighted by atomic mass is 10.0. The van der Waals surface area contributed by atoms with Crippen molar-refractivity contribution < 1.29 is 14.3 Å². The maximum atomic E-state index is 13.4. The lowest BCUT2D eigenvalue weighted by Gasteiger charge is -2.28. The predicted molar refractivity (Wildman–Crippen MR) is 134 cm³/mol. The van der Waals surface area contributed by atoms with Crippen molar-refractivity contribution in [1.82, 2.24) is 10.2 Å². The molecule has 1 aliphatic heterocycles. The van der Waals surface area contributed by atoms with Crippen LogP contribution in [0.4, 0.5) is 5.69 Å². The van der Waals surface area contributed by atoms with E-state index >= 15 is 0 Å². The molecule has 0 radical (unpaired) electrons. The Hall–Kier alpha value is -3.38. The average Bonchev–Trinajstić information content (AvgIpc) is 3.59. The number of methoxy groups -OCH3 is 1. The highest BCUT2D eigenvalue weighted by Crippen LogP contribution is 2.32. The molecule has 1 atom stereocenters. The van der Waals surface area contributed by atoms with Crippen molar-refractivity contribution >= 4 is 28.3 Å². The summed E-state index contributed by atoms with van der Waals surface area (Å²) in [5.74, 6) is 0.696. The normalized spacial score (nSPS) is 16.9. The predicted octanol–water partition coefficient (Wildman–Crippen LogP) is 4.76. The van der Waals surface area contributed by atoms with Gasteiger partial charge in [-0.3, -0.25) is 14.5 Å². The van der Waals surface area contributed by atoms with Crippen molar-refractivity contribution in [2.45, 2.75) is 31.7 Å². The van der Waals surface area contributed by atoms with E-state index in [4.69, 9.17) is 4.74 Å². The van der Waals surface area contributed by atoms with E-state index in [-0.39, 0.29) is 23.8 Å². The van der Waals surface area contributed by atoms with Crippen LogP contribution in [0.3, 0.4) is 0 Å². The van der Waals surface area contributed by atoms with Crippen molar-refractivity contribution in [2.24, 2.45) is 5.92 Å².